The highest BCUT2D eigenvalue weighted by atomic mass is 15.0. The van der Waals surface area contributed by atoms with E-state index < -0.39 is 0 Å². The quantitative estimate of drug-likeness (QED) is 0.679. The summed E-state index contributed by atoms with van der Waals surface area (Å²) in [4.78, 5) is 3.24. The zero-order chi connectivity index (χ0) is 9.80. The van der Waals surface area contributed by atoms with Crippen LogP contribution in [0.3, 0.4) is 0 Å². The molecule has 0 radical (unpaired) electrons. The molecule has 0 bridgehead atoms. The second-order valence-corrected chi connectivity index (χ2v) is 4.06. The SMILES string of the molecule is C[C@H](N[C@@H]1CCCNC1)c1ccc[nH]1. The lowest BCUT2D eigenvalue weighted by Crippen LogP contribution is -2.44. The normalized spacial score (nSPS) is 24.8. The van der Waals surface area contributed by atoms with Crippen molar-refractivity contribution >= 4 is 0 Å². The van der Waals surface area contributed by atoms with Crippen LogP contribution in [0.15, 0.2) is 18.3 Å². The highest BCUT2D eigenvalue weighted by molar-refractivity contribution is 5.08. The van der Waals surface area contributed by atoms with Crippen molar-refractivity contribution < 1.29 is 0 Å². The third-order valence-corrected chi connectivity index (χ3v) is 2.87. The molecule has 1 aliphatic rings. The molecule has 1 aromatic rings. The van der Waals surface area contributed by atoms with E-state index in [1.54, 1.807) is 0 Å². The lowest BCUT2D eigenvalue weighted by atomic mass is 10.1. The molecule has 3 nitrogen and oxygen atoms in total. The largest absolute Gasteiger partial charge is 0.364 e. The van der Waals surface area contributed by atoms with E-state index in [0.717, 1.165) is 6.54 Å². The van der Waals surface area contributed by atoms with Gasteiger partial charge in [-0.3, -0.25) is 0 Å². The second-order valence-electron chi connectivity index (χ2n) is 4.06. The fraction of sp³-hybridized carbons (Fsp3) is 0.636. The van der Waals surface area contributed by atoms with E-state index >= 15 is 0 Å². The third-order valence-electron chi connectivity index (χ3n) is 2.87. The first-order valence-corrected chi connectivity index (χ1v) is 5.46. The maximum Gasteiger partial charge on any atom is 0.0446 e. The van der Waals surface area contributed by atoms with Gasteiger partial charge in [0.05, 0.1) is 0 Å². The average molecular weight is 193 g/mol. The third kappa shape index (κ3) is 2.36. The summed E-state index contributed by atoms with van der Waals surface area (Å²) in [5.74, 6) is 0. The summed E-state index contributed by atoms with van der Waals surface area (Å²) >= 11 is 0. The molecule has 2 rings (SSSR count). The Morgan fingerprint density at radius 1 is 1.57 bits per heavy atom. The highest BCUT2D eigenvalue weighted by Crippen LogP contribution is 2.12. The molecule has 1 fully saturated rings. The number of aromatic amines is 1. The van der Waals surface area contributed by atoms with Crippen LogP contribution in [0, 0.1) is 0 Å². The molecule has 1 aromatic heterocycles. The molecule has 1 saturated heterocycles. The molecular weight excluding hydrogens is 174 g/mol. The number of hydrogen-bond acceptors (Lipinski definition) is 2. The van der Waals surface area contributed by atoms with Crippen molar-refractivity contribution in [3.8, 4) is 0 Å². The van der Waals surface area contributed by atoms with Gasteiger partial charge in [0, 0.05) is 30.5 Å². The van der Waals surface area contributed by atoms with Gasteiger partial charge in [-0.25, -0.2) is 0 Å². The van der Waals surface area contributed by atoms with Gasteiger partial charge in [-0.05, 0) is 38.4 Å². The lowest BCUT2D eigenvalue weighted by molar-refractivity contribution is 0.360. The predicted octanol–water partition coefficient (Wildman–Crippen LogP) is 1.42. The van der Waals surface area contributed by atoms with Gasteiger partial charge in [-0.2, -0.15) is 0 Å². The van der Waals surface area contributed by atoms with E-state index in [4.69, 9.17) is 0 Å². The Balaban J connectivity index is 1.84. The summed E-state index contributed by atoms with van der Waals surface area (Å²) in [5.41, 5.74) is 1.27. The van der Waals surface area contributed by atoms with E-state index in [9.17, 15) is 0 Å². The molecule has 0 spiro atoms. The number of hydrogen-bond donors (Lipinski definition) is 3. The zero-order valence-corrected chi connectivity index (χ0v) is 8.72. The number of nitrogens with one attached hydrogen (secondary N) is 3. The monoisotopic (exact) mass is 193 g/mol. The first-order valence-electron chi connectivity index (χ1n) is 5.46. The van der Waals surface area contributed by atoms with E-state index in [-0.39, 0.29) is 0 Å². The Morgan fingerprint density at radius 2 is 2.50 bits per heavy atom. The van der Waals surface area contributed by atoms with Crippen molar-refractivity contribution in [2.24, 2.45) is 0 Å². The fourth-order valence-electron chi connectivity index (χ4n) is 2.05. The molecule has 14 heavy (non-hydrogen) atoms. The summed E-state index contributed by atoms with van der Waals surface area (Å²) in [6.07, 6.45) is 4.56. The number of piperidine rings is 1. The van der Waals surface area contributed by atoms with E-state index in [1.165, 1.54) is 25.1 Å². The van der Waals surface area contributed by atoms with Crippen LogP contribution in [0.1, 0.15) is 31.5 Å². The minimum Gasteiger partial charge on any atom is -0.364 e. The molecule has 0 amide bonds. The van der Waals surface area contributed by atoms with Crippen molar-refractivity contribution in [1.29, 1.82) is 0 Å². The zero-order valence-electron chi connectivity index (χ0n) is 8.72. The minimum atomic E-state index is 0.426. The number of rotatable bonds is 3. The van der Waals surface area contributed by atoms with Gasteiger partial charge in [0.1, 0.15) is 0 Å². The Labute approximate surface area is 85.3 Å². The molecular formula is C11H19N3. The Hall–Kier alpha value is -0.800. The predicted molar refractivity (Wildman–Crippen MR) is 58.2 cm³/mol. The van der Waals surface area contributed by atoms with Crippen LogP contribution in [-0.2, 0) is 0 Å². The summed E-state index contributed by atoms with van der Waals surface area (Å²) in [6.45, 7) is 4.49. The lowest BCUT2D eigenvalue weighted by Gasteiger charge is -2.26. The molecule has 1 aliphatic heterocycles. The molecule has 0 aromatic carbocycles. The maximum absolute atomic E-state index is 3.63. The van der Waals surface area contributed by atoms with Crippen LogP contribution < -0.4 is 10.6 Å². The summed E-state index contributed by atoms with van der Waals surface area (Å²) in [6, 6.07) is 5.23. The van der Waals surface area contributed by atoms with E-state index in [0.29, 0.717) is 12.1 Å². The molecule has 2 atom stereocenters. The topological polar surface area (TPSA) is 39.8 Å². The van der Waals surface area contributed by atoms with Gasteiger partial charge in [0.2, 0.25) is 0 Å². The van der Waals surface area contributed by atoms with Crippen LogP contribution in [0.25, 0.3) is 0 Å². The van der Waals surface area contributed by atoms with Gasteiger partial charge in [-0.15, -0.1) is 0 Å². The molecule has 0 unspecified atom stereocenters. The van der Waals surface area contributed by atoms with Crippen LogP contribution in [0.5, 0.6) is 0 Å². The molecule has 2 heterocycles. The first kappa shape index (κ1) is 9.74. The van der Waals surface area contributed by atoms with Gasteiger partial charge < -0.3 is 15.6 Å². The first-order chi connectivity index (χ1) is 6.86. The second kappa shape index (κ2) is 4.62. The Bertz CT molecular complexity index is 250. The summed E-state index contributed by atoms with van der Waals surface area (Å²) in [5, 5.41) is 7.04. The number of H-pyrrole nitrogens is 1. The van der Waals surface area contributed by atoms with E-state index in [2.05, 4.69) is 28.6 Å². The minimum absolute atomic E-state index is 0.426. The smallest absolute Gasteiger partial charge is 0.0446 e. The van der Waals surface area contributed by atoms with Crippen LogP contribution in [0.4, 0.5) is 0 Å². The van der Waals surface area contributed by atoms with Gasteiger partial charge in [0.15, 0.2) is 0 Å². The van der Waals surface area contributed by atoms with Gasteiger partial charge in [0.25, 0.3) is 0 Å². The standard InChI is InChI=1S/C11H19N3/c1-9(11-5-3-7-13-11)14-10-4-2-6-12-8-10/h3,5,7,9-10,12-14H,2,4,6,8H2,1H3/t9-,10+/m0/s1. The highest BCUT2D eigenvalue weighted by Gasteiger charge is 2.15. The molecule has 0 saturated carbocycles. The maximum atomic E-state index is 3.63. The van der Waals surface area contributed by atoms with Crippen molar-refractivity contribution in [3.05, 3.63) is 24.0 Å². The molecule has 78 valence electrons. The summed E-state index contributed by atoms with van der Waals surface area (Å²) in [7, 11) is 0. The Kier molecular flexibility index (Phi) is 3.22. The van der Waals surface area contributed by atoms with Crippen molar-refractivity contribution in [3.63, 3.8) is 0 Å². The van der Waals surface area contributed by atoms with Crippen molar-refractivity contribution in [2.75, 3.05) is 13.1 Å². The van der Waals surface area contributed by atoms with Crippen LogP contribution in [-0.4, -0.2) is 24.1 Å². The Morgan fingerprint density at radius 3 is 3.14 bits per heavy atom. The van der Waals surface area contributed by atoms with Crippen LogP contribution >= 0.6 is 0 Å². The summed E-state index contributed by atoms with van der Waals surface area (Å²) < 4.78 is 0. The fourth-order valence-corrected chi connectivity index (χ4v) is 2.05. The van der Waals surface area contributed by atoms with E-state index in [1.807, 2.05) is 12.3 Å². The van der Waals surface area contributed by atoms with Crippen molar-refractivity contribution in [1.82, 2.24) is 15.6 Å². The van der Waals surface area contributed by atoms with Gasteiger partial charge >= 0.3 is 0 Å². The molecule has 0 aliphatic carbocycles. The van der Waals surface area contributed by atoms with Crippen LogP contribution in [0.2, 0.25) is 0 Å². The molecule has 3 N–H and O–H groups in total. The number of aromatic nitrogens is 1. The van der Waals surface area contributed by atoms with Gasteiger partial charge in [-0.1, -0.05) is 0 Å². The molecule has 3 heteroatoms. The average Bonchev–Trinajstić information content (AvgIpc) is 2.72. The van der Waals surface area contributed by atoms with Crippen molar-refractivity contribution in [2.45, 2.75) is 31.8 Å².